The van der Waals surface area contributed by atoms with Gasteiger partial charge in [-0.1, -0.05) is 29.3 Å². The van der Waals surface area contributed by atoms with Crippen LogP contribution in [0.2, 0.25) is 10.0 Å². The van der Waals surface area contributed by atoms with E-state index >= 15 is 0 Å². The predicted molar refractivity (Wildman–Crippen MR) is 95.6 cm³/mol. The Balaban J connectivity index is 1.72. The molecule has 0 aliphatic heterocycles. The maximum absolute atomic E-state index is 6.06. The lowest BCUT2D eigenvalue weighted by Crippen LogP contribution is -3.07. The third-order valence-corrected chi connectivity index (χ3v) is 4.46. The molecule has 0 bridgehead atoms. The summed E-state index contributed by atoms with van der Waals surface area (Å²) in [5, 5.41) is 5.54. The van der Waals surface area contributed by atoms with Gasteiger partial charge in [-0.15, -0.1) is 5.10 Å². The van der Waals surface area contributed by atoms with Gasteiger partial charge in [0.15, 0.2) is 6.67 Å². The molecule has 24 heavy (non-hydrogen) atoms. The fourth-order valence-electron chi connectivity index (χ4n) is 2.32. The van der Waals surface area contributed by atoms with Gasteiger partial charge in [0.05, 0.1) is 22.7 Å². The third-order valence-electron chi connectivity index (χ3n) is 3.42. The molecule has 8 heteroatoms. The predicted octanol–water partition coefficient (Wildman–Crippen LogP) is 3.25. The van der Waals surface area contributed by atoms with Gasteiger partial charge in [0.2, 0.25) is 5.89 Å². The molecule has 5 nitrogen and oxygen atoms in total. The molecule has 0 saturated carbocycles. The van der Waals surface area contributed by atoms with Crippen molar-refractivity contribution in [2.75, 3.05) is 7.05 Å². The molecular formula is C16H15Cl2N4OS+. The molecule has 1 atom stereocenters. The van der Waals surface area contributed by atoms with E-state index in [2.05, 4.69) is 10.1 Å². The number of aromatic nitrogens is 3. The molecule has 0 fully saturated rings. The van der Waals surface area contributed by atoms with Gasteiger partial charge >= 0.3 is 0 Å². The zero-order valence-electron chi connectivity index (χ0n) is 12.9. The van der Waals surface area contributed by atoms with Crippen LogP contribution in [-0.4, -0.2) is 21.8 Å². The Hall–Kier alpha value is -1.73. The third kappa shape index (κ3) is 4.02. The van der Waals surface area contributed by atoms with Gasteiger partial charge in [0.1, 0.15) is 6.54 Å². The van der Waals surface area contributed by atoms with Gasteiger partial charge in [-0.05, 0) is 36.5 Å². The van der Waals surface area contributed by atoms with Crippen LogP contribution in [-0.2, 0) is 13.2 Å². The lowest BCUT2D eigenvalue weighted by atomic mass is 10.2. The largest absolute Gasteiger partial charge is 0.409 e. The molecule has 0 aliphatic rings. The van der Waals surface area contributed by atoms with E-state index in [9.17, 15) is 0 Å². The summed E-state index contributed by atoms with van der Waals surface area (Å²) in [5.74, 6) is 0.468. The first-order chi connectivity index (χ1) is 11.5. The zero-order valence-corrected chi connectivity index (χ0v) is 15.2. The number of nitrogens with zero attached hydrogens (tertiary/aromatic N) is 3. The summed E-state index contributed by atoms with van der Waals surface area (Å²) in [4.78, 5) is 5.57. The van der Waals surface area contributed by atoms with E-state index in [1.807, 2.05) is 31.3 Å². The lowest BCUT2D eigenvalue weighted by Gasteiger charge is -2.13. The van der Waals surface area contributed by atoms with Crippen molar-refractivity contribution in [3.05, 3.63) is 63.2 Å². The number of rotatable bonds is 5. The van der Waals surface area contributed by atoms with Gasteiger partial charge in [0, 0.05) is 18.0 Å². The molecule has 0 spiro atoms. The van der Waals surface area contributed by atoms with Crippen LogP contribution in [0.4, 0.5) is 0 Å². The topological polar surface area (TPSA) is 48.3 Å². The van der Waals surface area contributed by atoms with E-state index < -0.39 is 0 Å². The normalized spacial score (nSPS) is 12.3. The fourth-order valence-corrected chi connectivity index (χ4v) is 2.83. The summed E-state index contributed by atoms with van der Waals surface area (Å²) in [5.41, 5.74) is 1.88. The van der Waals surface area contributed by atoms with Crippen molar-refractivity contribution < 1.29 is 9.32 Å². The van der Waals surface area contributed by atoms with Gasteiger partial charge < -0.3 is 9.32 Å². The minimum atomic E-state index is 0.336. The zero-order chi connectivity index (χ0) is 17.1. The van der Waals surface area contributed by atoms with Gasteiger partial charge in [-0.3, -0.25) is 4.98 Å². The number of pyridine rings is 1. The van der Waals surface area contributed by atoms with Crippen molar-refractivity contribution in [2.24, 2.45) is 0 Å². The lowest BCUT2D eigenvalue weighted by molar-refractivity contribution is -0.917. The summed E-state index contributed by atoms with van der Waals surface area (Å²) < 4.78 is 7.23. The molecule has 0 aliphatic carbocycles. The summed E-state index contributed by atoms with van der Waals surface area (Å²) in [6, 6.07) is 9.34. The van der Waals surface area contributed by atoms with Crippen LogP contribution in [0.15, 0.2) is 47.1 Å². The molecule has 124 valence electrons. The fraction of sp³-hybridized carbons (Fsp3) is 0.188. The molecule has 3 aromatic rings. The van der Waals surface area contributed by atoms with Crippen molar-refractivity contribution in [3.8, 4) is 11.5 Å². The smallest absolute Gasteiger partial charge is 0.292 e. The monoisotopic (exact) mass is 381 g/mol. The maximum Gasteiger partial charge on any atom is 0.292 e. The Morgan fingerprint density at radius 2 is 2.08 bits per heavy atom. The van der Waals surface area contributed by atoms with Crippen molar-refractivity contribution >= 4 is 35.4 Å². The minimum absolute atomic E-state index is 0.336. The molecule has 1 unspecified atom stereocenters. The van der Waals surface area contributed by atoms with Crippen LogP contribution in [0.25, 0.3) is 11.5 Å². The second-order valence-corrected chi connectivity index (χ2v) is 6.62. The number of hydrogen-bond acceptors (Lipinski definition) is 4. The van der Waals surface area contributed by atoms with Crippen LogP contribution in [0, 0.1) is 4.84 Å². The van der Waals surface area contributed by atoms with E-state index in [0.29, 0.717) is 27.4 Å². The van der Waals surface area contributed by atoms with Crippen LogP contribution in [0.5, 0.6) is 0 Å². The molecule has 0 radical (unpaired) electrons. The second-order valence-electron chi connectivity index (χ2n) is 5.45. The van der Waals surface area contributed by atoms with Crippen molar-refractivity contribution in [1.82, 2.24) is 14.8 Å². The highest BCUT2D eigenvalue weighted by Crippen LogP contribution is 2.22. The SMILES string of the molecule is C[NH+](Cc1ccc(Cl)c(Cl)c1)Cn1nc(-c2cccnc2)oc1=S. The highest BCUT2D eigenvalue weighted by atomic mass is 35.5. The summed E-state index contributed by atoms with van der Waals surface area (Å²) in [6.45, 7) is 1.33. The van der Waals surface area contributed by atoms with Crippen molar-refractivity contribution in [2.45, 2.75) is 13.2 Å². The van der Waals surface area contributed by atoms with Crippen molar-refractivity contribution in [1.29, 1.82) is 0 Å². The number of nitrogens with one attached hydrogen (secondary N) is 1. The van der Waals surface area contributed by atoms with E-state index in [-0.39, 0.29) is 0 Å². The van der Waals surface area contributed by atoms with Gasteiger partial charge in [0.25, 0.3) is 4.84 Å². The molecule has 0 saturated heterocycles. The van der Waals surface area contributed by atoms with Crippen molar-refractivity contribution in [3.63, 3.8) is 0 Å². The minimum Gasteiger partial charge on any atom is -0.409 e. The molecule has 1 aromatic carbocycles. The van der Waals surface area contributed by atoms with E-state index in [1.54, 1.807) is 23.1 Å². The van der Waals surface area contributed by atoms with Crippen LogP contribution < -0.4 is 4.90 Å². The number of halogens is 2. The highest BCUT2D eigenvalue weighted by molar-refractivity contribution is 7.71. The number of benzene rings is 1. The maximum atomic E-state index is 6.06. The molecule has 0 amide bonds. The quantitative estimate of drug-likeness (QED) is 0.689. The summed E-state index contributed by atoms with van der Waals surface area (Å²) in [6.07, 6.45) is 3.39. The molecule has 2 aromatic heterocycles. The standard InChI is InChI=1S/C16H14Cl2N4OS/c1-21(9-11-4-5-13(17)14(18)7-11)10-22-16(24)23-15(20-22)12-3-2-6-19-8-12/h2-8H,9-10H2,1H3/p+1. The first-order valence-electron chi connectivity index (χ1n) is 7.26. The Kier molecular flexibility index (Phi) is 5.30. The Morgan fingerprint density at radius 3 is 2.79 bits per heavy atom. The molecule has 1 N–H and O–H groups in total. The van der Waals surface area contributed by atoms with E-state index in [0.717, 1.165) is 17.7 Å². The average molecular weight is 382 g/mol. The molecule has 2 heterocycles. The number of quaternary nitrogens is 1. The van der Waals surface area contributed by atoms with Crippen LogP contribution in [0.3, 0.4) is 0 Å². The van der Waals surface area contributed by atoms with Gasteiger partial charge in [-0.25, -0.2) is 0 Å². The Labute approximate surface area is 154 Å². The molecular weight excluding hydrogens is 367 g/mol. The Bertz CT molecular complexity index is 895. The first-order valence-corrected chi connectivity index (χ1v) is 8.43. The average Bonchev–Trinajstić information content (AvgIpc) is 2.93. The van der Waals surface area contributed by atoms with E-state index in [4.69, 9.17) is 39.8 Å². The first kappa shape index (κ1) is 17.1. The second kappa shape index (κ2) is 7.44. The Morgan fingerprint density at radius 1 is 1.25 bits per heavy atom. The highest BCUT2D eigenvalue weighted by Gasteiger charge is 2.12. The number of hydrogen-bond donors (Lipinski definition) is 1. The molecule has 3 rings (SSSR count). The van der Waals surface area contributed by atoms with Gasteiger partial charge in [-0.2, -0.15) is 4.68 Å². The summed E-state index contributed by atoms with van der Waals surface area (Å²) >= 11 is 17.3. The van der Waals surface area contributed by atoms with Crippen LogP contribution >= 0.6 is 35.4 Å². The van der Waals surface area contributed by atoms with E-state index in [1.165, 1.54) is 4.90 Å². The van der Waals surface area contributed by atoms with Crippen LogP contribution in [0.1, 0.15) is 5.56 Å². The summed E-state index contributed by atoms with van der Waals surface area (Å²) in [7, 11) is 2.04.